The van der Waals surface area contributed by atoms with Gasteiger partial charge in [0.15, 0.2) is 4.80 Å². The molecule has 0 saturated carbocycles. The van der Waals surface area contributed by atoms with Gasteiger partial charge in [0.2, 0.25) is 0 Å². The van der Waals surface area contributed by atoms with Crippen molar-refractivity contribution < 1.29 is 9.53 Å². The van der Waals surface area contributed by atoms with Crippen molar-refractivity contribution in [2.75, 3.05) is 25.6 Å². The largest absolute Gasteiger partial charge is 0.463 e. The first kappa shape index (κ1) is 22.7. The first-order valence-electron chi connectivity index (χ1n) is 10.0. The van der Waals surface area contributed by atoms with E-state index in [1.807, 2.05) is 60.8 Å². The molecule has 0 saturated heterocycles. The molecule has 1 aliphatic heterocycles. The number of thiophene rings is 1. The fourth-order valence-corrected chi connectivity index (χ4v) is 6.26. The summed E-state index contributed by atoms with van der Waals surface area (Å²) in [6.07, 6.45) is 1.86. The van der Waals surface area contributed by atoms with Crippen molar-refractivity contribution in [2.45, 2.75) is 19.9 Å². The SMILES string of the molecule is CCOC(=O)C1=C(C)N=c2s/c(=C\c3ccc(N(C)C)c(Br)c3)c(=O)n2[C@@H]1c1cccs1. The van der Waals surface area contributed by atoms with E-state index in [0.717, 1.165) is 20.6 Å². The lowest BCUT2D eigenvalue weighted by Crippen LogP contribution is -2.39. The Morgan fingerprint density at radius 3 is 2.75 bits per heavy atom. The van der Waals surface area contributed by atoms with Crippen LogP contribution in [0, 0.1) is 0 Å². The normalized spacial score (nSPS) is 16.0. The summed E-state index contributed by atoms with van der Waals surface area (Å²) in [6.45, 7) is 3.82. The molecule has 1 aromatic carbocycles. The van der Waals surface area contributed by atoms with Crippen LogP contribution in [0.5, 0.6) is 0 Å². The Morgan fingerprint density at radius 1 is 1.34 bits per heavy atom. The predicted molar refractivity (Wildman–Crippen MR) is 133 cm³/mol. The average Bonchev–Trinajstić information content (AvgIpc) is 3.36. The van der Waals surface area contributed by atoms with Gasteiger partial charge in [-0.3, -0.25) is 9.36 Å². The molecule has 0 unspecified atom stereocenters. The number of nitrogens with zero attached hydrogens (tertiary/aromatic N) is 3. The summed E-state index contributed by atoms with van der Waals surface area (Å²) < 4.78 is 8.42. The summed E-state index contributed by atoms with van der Waals surface area (Å²) in [5, 5.41) is 1.94. The van der Waals surface area contributed by atoms with Gasteiger partial charge >= 0.3 is 5.97 Å². The van der Waals surface area contributed by atoms with Gasteiger partial charge in [0.25, 0.3) is 5.56 Å². The van der Waals surface area contributed by atoms with Crippen LogP contribution in [-0.4, -0.2) is 31.2 Å². The van der Waals surface area contributed by atoms with E-state index < -0.39 is 12.0 Å². The van der Waals surface area contributed by atoms with E-state index in [2.05, 4.69) is 20.9 Å². The van der Waals surface area contributed by atoms with Gasteiger partial charge in [0, 0.05) is 23.4 Å². The summed E-state index contributed by atoms with van der Waals surface area (Å²) in [5.74, 6) is -0.440. The van der Waals surface area contributed by atoms with Gasteiger partial charge in [0.05, 0.1) is 28.1 Å². The molecule has 0 amide bonds. The Hall–Kier alpha value is -2.49. The van der Waals surface area contributed by atoms with Crippen LogP contribution in [0.1, 0.15) is 30.3 Å². The molecule has 2 aromatic heterocycles. The van der Waals surface area contributed by atoms with Gasteiger partial charge in [-0.05, 0) is 65.0 Å². The zero-order chi connectivity index (χ0) is 23.0. The molecule has 6 nitrogen and oxygen atoms in total. The van der Waals surface area contributed by atoms with Gasteiger partial charge in [-0.25, -0.2) is 9.79 Å². The third-order valence-corrected chi connectivity index (χ3v) is 7.62. The smallest absolute Gasteiger partial charge is 0.338 e. The molecular weight excluding hydrogens is 510 g/mol. The van der Waals surface area contributed by atoms with Gasteiger partial charge in [-0.2, -0.15) is 0 Å². The third-order valence-electron chi connectivity index (χ3n) is 5.08. The first-order chi connectivity index (χ1) is 15.3. The minimum Gasteiger partial charge on any atom is -0.463 e. The summed E-state index contributed by atoms with van der Waals surface area (Å²) in [5.41, 5.74) is 2.77. The molecule has 0 N–H and O–H groups in total. The average molecular weight is 532 g/mol. The quantitative estimate of drug-likeness (QED) is 0.471. The summed E-state index contributed by atoms with van der Waals surface area (Å²) >= 11 is 6.43. The lowest BCUT2D eigenvalue weighted by atomic mass is 10.0. The number of hydrogen-bond acceptors (Lipinski definition) is 7. The second-order valence-corrected chi connectivity index (χ2v) is 10.3. The van der Waals surface area contributed by atoms with Crippen molar-refractivity contribution in [3.63, 3.8) is 0 Å². The number of esters is 1. The number of carbonyl (C=O) groups is 1. The number of benzene rings is 1. The molecule has 166 valence electrons. The van der Waals surface area contributed by atoms with Crippen LogP contribution in [-0.2, 0) is 9.53 Å². The molecule has 0 fully saturated rings. The van der Waals surface area contributed by atoms with Crippen molar-refractivity contribution in [1.29, 1.82) is 0 Å². The fourth-order valence-electron chi connectivity index (χ4n) is 3.63. The highest BCUT2D eigenvalue weighted by atomic mass is 79.9. The van der Waals surface area contributed by atoms with E-state index in [1.165, 1.54) is 22.7 Å². The summed E-state index contributed by atoms with van der Waals surface area (Å²) in [6, 6.07) is 9.27. The van der Waals surface area contributed by atoms with E-state index in [0.29, 0.717) is 20.6 Å². The van der Waals surface area contributed by atoms with E-state index in [4.69, 9.17) is 4.74 Å². The van der Waals surface area contributed by atoms with Crippen LogP contribution in [0.3, 0.4) is 0 Å². The van der Waals surface area contributed by atoms with E-state index in [-0.39, 0.29) is 12.2 Å². The lowest BCUT2D eigenvalue weighted by molar-refractivity contribution is -0.139. The zero-order valence-electron chi connectivity index (χ0n) is 18.1. The van der Waals surface area contributed by atoms with Crippen molar-refractivity contribution in [2.24, 2.45) is 4.99 Å². The van der Waals surface area contributed by atoms with Crippen molar-refractivity contribution in [1.82, 2.24) is 4.57 Å². The maximum Gasteiger partial charge on any atom is 0.338 e. The number of anilines is 1. The second-order valence-electron chi connectivity index (χ2n) is 7.42. The number of thiazole rings is 1. The number of hydrogen-bond donors (Lipinski definition) is 0. The molecule has 1 atom stereocenters. The Labute approximate surface area is 201 Å². The molecule has 4 rings (SSSR count). The molecule has 0 bridgehead atoms. The highest BCUT2D eigenvalue weighted by Crippen LogP contribution is 2.33. The highest BCUT2D eigenvalue weighted by molar-refractivity contribution is 9.10. The van der Waals surface area contributed by atoms with Gasteiger partial charge < -0.3 is 9.64 Å². The maximum absolute atomic E-state index is 13.5. The van der Waals surface area contributed by atoms with Crippen LogP contribution < -0.4 is 19.8 Å². The summed E-state index contributed by atoms with van der Waals surface area (Å²) in [4.78, 5) is 34.4. The highest BCUT2D eigenvalue weighted by Gasteiger charge is 2.33. The molecule has 0 spiro atoms. The van der Waals surface area contributed by atoms with Crippen molar-refractivity contribution in [3.8, 4) is 0 Å². The molecular formula is C23H22BrN3O3S2. The molecule has 1 aliphatic rings. The van der Waals surface area contributed by atoms with Crippen LogP contribution in [0.4, 0.5) is 5.69 Å². The molecule has 3 aromatic rings. The number of carbonyl (C=O) groups excluding carboxylic acids is 1. The Kier molecular flexibility index (Phi) is 6.50. The van der Waals surface area contributed by atoms with Gasteiger partial charge in [-0.15, -0.1) is 11.3 Å². The minimum absolute atomic E-state index is 0.172. The molecule has 0 aliphatic carbocycles. The number of ether oxygens (including phenoxy) is 1. The first-order valence-corrected chi connectivity index (χ1v) is 12.5. The van der Waals surface area contributed by atoms with Crippen molar-refractivity contribution >= 4 is 56.3 Å². The number of halogens is 1. The monoisotopic (exact) mass is 531 g/mol. The predicted octanol–water partition coefficient (Wildman–Crippen LogP) is 3.69. The minimum atomic E-state index is -0.546. The Morgan fingerprint density at radius 2 is 2.12 bits per heavy atom. The number of aromatic nitrogens is 1. The Bertz CT molecular complexity index is 1380. The van der Waals surface area contributed by atoms with E-state index >= 15 is 0 Å². The zero-order valence-corrected chi connectivity index (χ0v) is 21.3. The van der Waals surface area contributed by atoms with Gasteiger partial charge in [0.1, 0.15) is 6.04 Å². The number of rotatable bonds is 5. The van der Waals surface area contributed by atoms with Crippen LogP contribution in [0.2, 0.25) is 0 Å². The lowest BCUT2D eigenvalue weighted by Gasteiger charge is -2.23. The topological polar surface area (TPSA) is 63.9 Å². The number of fused-ring (bicyclic) bond motifs is 1. The molecule has 0 radical (unpaired) electrons. The van der Waals surface area contributed by atoms with Crippen LogP contribution in [0.25, 0.3) is 6.08 Å². The standard InChI is InChI=1S/C23H22BrN3O3S2/c1-5-30-22(29)19-13(2)25-23-27(20(19)17-7-6-10-31-17)21(28)18(32-23)12-14-8-9-16(26(3)4)15(24)11-14/h6-12,20H,5H2,1-4H3/b18-12-/t20-/m1/s1. The Balaban J connectivity index is 1.89. The fraction of sp³-hybridized carbons (Fsp3) is 0.261. The van der Waals surface area contributed by atoms with Crippen molar-refractivity contribution in [3.05, 3.63) is 81.6 Å². The molecule has 32 heavy (non-hydrogen) atoms. The maximum atomic E-state index is 13.5. The number of allylic oxidation sites excluding steroid dienone is 1. The van der Waals surface area contributed by atoms with E-state index in [9.17, 15) is 9.59 Å². The second kappa shape index (κ2) is 9.17. The summed E-state index contributed by atoms with van der Waals surface area (Å²) in [7, 11) is 3.96. The van der Waals surface area contributed by atoms with Crippen LogP contribution >= 0.6 is 38.6 Å². The van der Waals surface area contributed by atoms with Gasteiger partial charge in [-0.1, -0.05) is 23.5 Å². The molecule has 9 heteroatoms. The van der Waals surface area contributed by atoms with Crippen LogP contribution in [0.15, 0.2) is 61.2 Å². The molecule has 3 heterocycles. The third kappa shape index (κ3) is 4.12. The van der Waals surface area contributed by atoms with E-state index in [1.54, 1.807) is 18.4 Å².